The van der Waals surface area contributed by atoms with Crippen molar-refractivity contribution in [1.29, 1.82) is 0 Å². The molecule has 0 aromatic carbocycles. The predicted octanol–water partition coefficient (Wildman–Crippen LogP) is 1.16. The van der Waals surface area contributed by atoms with Crippen molar-refractivity contribution in [2.75, 3.05) is 0 Å². The fourth-order valence-corrected chi connectivity index (χ4v) is 1.53. The summed E-state index contributed by atoms with van der Waals surface area (Å²) >= 11 is 0. The Hall–Kier alpha value is -1.91. The van der Waals surface area contributed by atoms with Crippen LogP contribution in [0.3, 0.4) is 0 Å². The molecule has 0 aliphatic rings. The van der Waals surface area contributed by atoms with E-state index in [0.717, 1.165) is 11.3 Å². The number of rotatable bonds is 5. The van der Waals surface area contributed by atoms with Crippen LogP contribution >= 0.6 is 0 Å². The summed E-state index contributed by atoms with van der Waals surface area (Å²) in [6, 6.07) is 2.78. The van der Waals surface area contributed by atoms with E-state index in [-0.39, 0.29) is 18.2 Å². The number of nitrogens with one attached hydrogen (secondary N) is 1. The first-order valence-electron chi connectivity index (χ1n) is 5.84. The molecule has 0 saturated carbocycles. The molecule has 0 unspecified atom stereocenters. The van der Waals surface area contributed by atoms with Crippen molar-refractivity contribution >= 4 is 11.9 Å². The summed E-state index contributed by atoms with van der Waals surface area (Å²) in [6.45, 7) is 5.38. The van der Waals surface area contributed by atoms with Crippen molar-refractivity contribution in [3.05, 3.63) is 29.6 Å². The van der Waals surface area contributed by atoms with Crippen molar-refractivity contribution in [2.24, 2.45) is 5.92 Å². The zero-order valence-corrected chi connectivity index (χ0v) is 10.8. The minimum absolute atomic E-state index is 0.143. The summed E-state index contributed by atoms with van der Waals surface area (Å²) < 4.78 is 0. The van der Waals surface area contributed by atoms with Crippen LogP contribution in [-0.2, 0) is 16.0 Å². The Morgan fingerprint density at radius 1 is 1.39 bits per heavy atom. The van der Waals surface area contributed by atoms with Crippen LogP contribution < -0.4 is 5.32 Å². The molecule has 1 heterocycles. The van der Waals surface area contributed by atoms with Gasteiger partial charge in [0.1, 0.15) is 6.04 Å². The Kier molecular flexibility index (Phi) is 4.83. The lowest BCUT2D eigenvalue weighted by atomic mass is 10.0. The van der Waals surface area contributed by atoms with E-state index in [1.165, 1.54) is 0 Å². The number of amides is 1. The normalized spacial score (nSPS) is 12.2. The smallest absolute Gasteiger partial charge is 0.326 e. The maximum absolute atomic E-state index is 11.7. The van der Waals surface area contributed by atoms with Crippen LogP contribution in [0.15, 0.2) is 18.3 Å². The van der Waals surface area contributed by atoms with Crippen LogP contribution in [0, 0.1) is 12.8 Å². The summed E-state index contributed by atoms with van der Waals surface area (Å²) in [4.78, 5) is 26.7. The van der Waals surface area contributed by atoms with Crippen LogP contribution in [0.25, 0.3) is 0 Å². The molecule has 98 valence electrons. The highest BCUT2D eigenvalue weighted by atomic mass is 16.4. The maximum atomic E-state index is 11.7. The van der Waals surface area contributed by atoms with E-state index in [9.17, 15) is 9.59 Å². The van der Waals surface area contributed by atoms with Crippen molar-refractivity contribution in [1.82, 2.24) is 10.3 Å². The molecule has 1 aromatic rings. The highest BCUT2D eigenvalue weighted by molar-refractivity contribution is 5.84. The minimum Gasteiger partial charge on any atom is -0.480 e. The number of carbonyl (C=O) groups is 2. The molecule has 0 spiro atoms. The lowest BCUT2D eigenvalue weighted by Crippen LogP contribution is -2.44. The van der Waals surface area contributed by atoms with Gasteiger partial charge in [-0.25, -0.2) is 4.79 Å². The third-order valence-electron chi connectivity index (χ3n) is 2.59. The number of aryl methyl sites for hydroxylation is 1. The van der Waals surface area contributed by atoms with Gasteiger partial charge in [0.05, 0.1) is 6.42 Å². The van der Waals surface area contributed by atoms with Crippen molar-refractivity contribution < 1.29 is 14.7 Å². The van der Waals surface area contributed by atoms with Gasteiger partial charge in [0.15, 0.2) is 0 Å². The molecule has 0 saturated heterocycles. The van der Waals surface area contributed by atoms with Gasteiger partial charge in [0, 0.05) is 11.9 Å². The van der Waals surface area contributed by atoms with E-state index in [2.05, 4.69) is 10.3 Å². The second-order valence-corrected chi connectivity index (χ2v) is 4.61. The van der Waals surface area contributed by atoms with Gasteiger partial charge < -0.3 is 10.4 Å². The molecular formula is C13H18N2O3. The van der Waals surface area contributed by atoms with Gasteiger partial charge in [-0.3, -0.25) is 9.78 Å². The Bertz CT molecular complexity index is 426. The summed E-state index contributed by atoms with van der Waals surface area (Å²) in [5.74, 6) is -1.47. The number of hydrogen-bond donors (Lipinski definition) is 2. The number of nitrogens with zero attached hydrogens (tertiary/aromatic N) is 1. The van der Waals surface area contributed by atoms with Crippen molar-refractivity contribution in [2.45, 2.75) is 33.2 Å². The third kappa shape index (κ3) is 4.16. The first-order valence-corrected chi connectivity index (χ1v) is 5.84. The number of carbonyl (C=O) groups excluding carboxylic acids is 1. The quantitative estimate of drug-likeness (QED) is 0.821. The van der Waals surface area contributed by atoms with E-state index < -0.39 is 12.0 Å². The van der Waals surface area contributed by atoms with Gasteiger partial charge in [0.2, 0.25) is 5.91 Å². The first-order chi connectivity index (χ1) is 8.40. The van der Waals surface area contributed by atoms with E-state index in [0.29, 0.717) is 0 Å². The third-order valence-corrected chi connectivity index (χ3v) is 2.59. The van der Waals surface area contributed by atoms with Crippen LogP contribution in [-0.4, -0.2) is 28.0 Å². The van der Waals surface area contributed by atoms with Gasteiger partial charge in [-0.1, -0.05) is 19.9 Å². The molecule has 0 fully saturated rings. The van der Waals surface area contributed by atoms with Gasteiger partial charge >= 0.3 is 5.97 Å². The molecule has 5 nitrogen and oxygen atoms in total. The highest BCUT2D eigenvalue weighted by Crippen LogP contribution is 2.04. The summed E-state index contributed by atoms with van der Waals surface area (Å²) in [5, 5.41) is 11.5. The van der Waals surface area contributed by atoms with E-state index in [1.54, 1.807) is 20.0 Å². The lowest BCUT2D eigenvalue weighted by molar-refractivity contribution is -0.143. The Morgan fingerprint density at radius 2 is 2.06 bits per heavy atom. The molecule has 2 N–H and O–H groups in total. The molecule has 1 aromatic heterocycles. The molecule has 0 aliphatic carbocycles. The molecule has 1 rings (SSSR count). The maximum Gasteiger partial charge on any atom is 0.326 e. The summed E-state index contributed by atoms with van der Waals surface area (Å²) in [5.41, 5.74) is 1.65. The molecule has 18 heavy (non-hydrogen) atoms. The zero-order chi connectivity index (χ0) is 13.7. The SMILES string of the molecule is Cc1ccc(CC(=O)N[C@H](C(=O)O)C(C)C)cn1. The number of aromatic nitrogens is 1. The van der Waals surface area contributed by atoms with Crippen LogP contribution in [0.5, 0.6) is 0 Å². The standard InChI is InChI=1S/C13H18N2O3/c1-8(2)12(13(17)18)15-11(16)6-10-5-4-9(3)14-7-10/h4-5,7-8,12H,6H2,1-3H3,(H,15,16)(H,17,18)/t12-/m0/s1. The molecule has 0 aliphatic heterocycles. The highest BCUT2D eigenvalue weighted by Gasteiger charge is 2.23. The zero-order valence-electron chi connectivity index (χ0n) is 10.8. The van der Waals surface area contributed by atoms with E-state index >= 15 is 0 Å². The topological polar surface area (TPSA) is 79.3 Å². The molecule has 5 heteroatoms. The molecular weight excluding hydrogens is 232 g/mol. The Morgan fingerprint density at radius 3 is 2.50 bits per heavy atom. The van der Waals surface area contributed by atoms with Gasteiger partial charge in [-0.2, -0.15) is 0 Å². The Balaban J connectivity index is 2.60. The molecule has 1 amide bonds. The summed E-state index contributed by atoms with van der Waals surface area (Å²) in [7, 11) is 0. The monoisotopic (exact) mass is 250 g/mol. The number of carboxylic acids is 1. The summed E-state index contributed by atoms with van der Waals surface area (Å²) in [6.07, 6.45) is 1.77. The van der Waals surface area contributed by atoms with Crippen molar-refractivity contribution in [3.8, 4) is 0 Å². The number of aliphatic carboxylic acids is 1. The van der Waals surface area contributed by atoms with Crippen LogP contribution in [0.2, 0.25) is 0 Å². The second kappa shape index (κ2) is 6.14. The predicted molar refractivity (Wildman–Crippen MR) is 67.1 cm³/mol. The number of pyridine rings is 1. The lowest BCUT2D eigenvalue weighted by Gasteiger charge is -2.17. The van der Waals surface area contributed by atoms with E-state index in [1.807, 2.05) is 19.1 Å². The number of hydrogen-bond acceptors (Lipinski definition) is 3. The van der Waals surface area contributed by atoms with Crippen LogP contribution in [0.1, 0.15) is 25.1 Å². The first kappa shape index (κ1) is 14.2. The van der Waals surface area contributed by atoms with E-state index in [4.69, 9.17) is 5.11 Å². The Labute approximate surface area is 106 Å². The van der Waals surface area contributed by atoms with Crippen molar-refractivity contribution in [3.63, 3.8) is 0 Å². The average molecular weight is 250 g/mol. The van der Waals surface area contributed by atoms with Crippen LogP contribution in [0.4, 0.5) is 0 Å². The minimum atomic E-state index is -1.01. The van der Waals surface area contributed by atoms with Gasteiger partial charge in [0.25, 0.3) is 0 Å². The fraction of sp³-hybridized carbons (Fsp3) is 0.462. The molecule has 0 radical (unpaired) electrons. The number of carboxylic acid groups (broad SMARTS) is 1. The second-order valence-electron chi connectivity index (χ2n) is 4.61. The fourth-order valence-electron chi connectivity index (χ4n) is 1.53. The molecule has 0 bridgehead atoms. The average Bonchev–Trinajstić information content (AvgIpc) is 2.28. The van der Waals surface area contributed by atoms with Gasteiger partial charge in [-0.15, -0.1) is 0 Å². The molecule has 1 atom stereocenters. The van der Waals surface area contributed by atoms with Gasteiger partial charge in [-0.05, 0) is 24.5 Å². The largest absolute Gasteiger partial charge is 0.480 e.